The highest BCUT2D eigenvalue weighted by Crippen LogP contribution is 2.44. The van der Waals surface area contributed by atoms with E-state index in [1.807, 2.05) is 0 Å². The normalized spacial score (nSPS) is 12.1. The lowest BCUT2D eigenvalue weighted by Gasteiger charge is -2.20. The zero-order valence-corrected chi connectivity index (χ0v) is 13.8. The van der Waals surface area contributed by atoms with Crippen LogP contribution in [0.4, 0.5) is 0 Å². The summed E-state index contributed by atoms with van der Waals surface area (Å²) < 4.78 is 25.7. The second kappa shape index (κ2) is 8.56. The van der Waals surface area contributed by atoms with Gasteiger partial charge in [-0.05, 0) is 13.0 Å². The number of carbonyl (C=O) groups excluding carboxylic acids is 2. The molecule has 9 heteroatoms. The highest BCUT2D eigenvalue weighted by molar-refractivity contribution is 7.46. The molecule has 1 unspecified atom stereocenters. The van der Waals surface area contributed by atoms with Crippen molar-refractivity contribution in [1.29, 1.82) is 0 Å². The number of rotatable bonds is 8. The summed E-state index contributed by atoms with van der Waals surface area (Å²) in [4.78, 5) is 40.9. The van der Waals surface area contributed by atoms with Crippen LogP contribution in [0, 0.1) is 0 Å². The van der Waals surface area contributed by atoms with E-state index in [2.05, 4.69) is 17.7 Å². The van der Waals surface area contributed by atoms with Crippen molar-refractivity contribution in [2.45, 2.75) is 13.0 Å². The fraction of sp³-hybridized carbons (Fsp3) is 0.200. The van der Waals surface area contributed by atoms with Gasteiger partial charge in [0.05, 0.1) is 0 Å². The molecule has 130 valence electrons. The number of hydrogen-bond acceptors (Lipinski definition) is 6. The van der Waals surface area contributed by atoms with Crippen LogP contribution in [0.3, 0.4) is 0 Å². The molecule has 0 aromatic heterocycles. The number of esters is 2. The maximum atomic E-state index is 11.7. The maximum Gasteiger partial charge on any atom is 0.470 e. The van der Waals surface area contributed by atoms with E-state index < -0.39 is 32.5 Å². The molecule has 2 N–H and O–H groups in total. The lowest BCUT2D eigenvalue weighted by molar-refractivity contribution is -0.140. The summed E-state index contributed by atoms with van der Waals surface area (Å²) in [5.41, 5.74) is 0.252. The Morgan fingerprint density at radius 3 is 2.50 bits per heavy atom. The molecular weight excluding hydrogens is 339 g/mol. The maximum absolute atomic E-state index is 11.7. The van der Waals surface area contributed by atoms with Gasteiger partial charge in [-0.3, -0.25) is 4.52 Å². The first kappa shape index (κ1) is 19.8. The Hall–Kier alpha value is -2.25. The third kappa shape index (κ3) is 6.47. The molecule has 0 saturated heterocycles. The van der Waals surface area contributed by atoms with Crippen LogP contribution in [0.1, 0.15) is 18.6 Å². The van der Waals surface area contributed by atoms with Crippen LogP contribution in [0.5, 0.6) is 5.75 Å². The Morgan fingerprint density at radius 2 is 1.96 bits per heavy atom. The summed E-state index contributed by atoms with van der Waals surface area (Å²) in [7, 11) is -4.90. The van der Waals surface area contributed by atoms with Crippen molar-refractivity contribution in [3.63, 3.8) is 0 Å². The highest BCUT2D eigenvalue weighted by atomic mass is 31.2. The minimum absolute atomic E-state index is 0.00129. The van der Waals surface area contributed by atoms with E-state index in [0.29, 0.717) is 0 Å². The van der Waals surface area contributed by atoms with Crippen LogP contribution in [0.25, 0.3) is 0 Å². The van der Waals surface area contributed by atoms with Crippen LogP contribution in [0.15, 0.2) is 49.1 Å². The first-order valence-corrected chi connectivity index (χ1v) is 8.17. The Morgan fingerprint density at radius 1 is 1.33 bits per heavy atom. The number of hydrogen-bond donors (Lipinski definition) is 2. The number of ether oxygens (including phenoxy) is 2. The van der Waals surface area contributed by atoms with Gasteiger partial charge in [-0.25, -0.2) is 14.2 Å². The summed E-state index contributed by atoms with van der Waals surface area (Å²) in [6.45, 7) is 7.59. The van der Waals surface area contributed by atoms with Gasteiger partial charge in [-0.1, -0.05) is 31.4 Å². The SMILES string of the molecule is C=CC(=O)OCC(OP(=O)(O)O)c1ccccc1OC(=O)C(=C)C. The van der Waals surface area contributed by atoms with Crippen molar-refractivity contribution >= 4 is 19.8 Å². The zero-order valence-electron chi connectivity index (χ0n) is 12.9. The van der Waals surface area contributed by atoms with Gasteiger partial charge in [-0.15, -0.1) is 0 Å². The fourth-order valence-electron chi connectivity index (χ4n) is 1.59. The molecule has 0 aliphatic rings. The molecule has 24 heavy (non-hydrogen) atoms. The van der Waals surface area contributed by atoms with Crippen LogP contribution in [-0.2, 0) is 23.4 Å². The van der Waals surface area contributed by atoms with Gasteiger partial charge in [0, 0.05) is 17.2 Å². The van der Waals surface area contributed by atoms with E-state index >= 15 is 0 Å². The van der Waals surface area contributed by atoms with Gasteiger partial charge >= 0.3 is 19.8 Å². The Labute approximate surface area is 138 Å². The van der Waals surface area contributed by atoms with E-state index in [0.717, 1.165) is 6.08 Å². The van der Waals surface area contributed by atoms with Crippen LogP contribution in [0.2, 0.25) is 0 Å². The fourth-order valence-corrected chi connectivity index (χ4v) is 2.09. The molecule has 8 nitrogen and oxygen atoms in total. The number of para-hydroxylation sites is 1. The average molecular weight is 356 g/mol. The molecule has 0 amide bonds. The van der Waals surface area contributed by atoms with E-state index in [1.165, 1.54) is 19.1 Å². The molecule has 1 aromatic carbocycles. The minimum Gasteiger partial charge on any atom is -0.459 e. The molecule has 0 saturated carbocycles. The number of phosphoric acid groups is 1. The van der Waals surface area contributed by atoms with Gasteiger partial charge in [0.1, 0.15) is 18.5 Å². The van der Waals surface area contributed by atoms with Crippen LogP contribution < -0.4 is 4.74 Å². The Bertz CT molecular complexity index is 690. The lowest BCUT2D eigenvalue weighted by atomic mass is 10.1. The van der Waals surface area contributed by atoms with Crippen molar-refractivity contribution < 1.29 is 37.9 Å². The van der Waals surface area contributed by atoms with E-state index in [9.17, 15) is 14.2 Å². The third-order valence-corrected chi connectivity index (χ3v) is 3.15. The Kier molecular flexibility index (Phi) is 7.06. The van der Waals surface area contributed by atoms with Crippen LogP contribution in [-0.4, -0.2) is 28.3 Å². The molecule has 0 aliphatic carbocycles. The monoisotopic (exact) mass is 356 g/mol. The van der Waals surface area contributed by atoms with Gasteiger partial charge in [-0.2, -0.15) is 0 Å². The number of carbonyl (C=O) groups is 2. The summed E-state index contributed by atoms with van der Waals surface area (Å²) in [6.07, 6.45) is -0.467. The highest BCUT2D eigenvalue weighted by Gasteiger charge is 2.28. The summed E-state index contributed by atoms with van der Waals surface area (Å²) in [6, 6.07) is 5.91. The van der Waals surface area contributed by atoms with Crippen molar-refractivity contribution in [2.75, 3.05) is 6.61 Å². The molecule has 0 spiro atoms. The molecule has 0 fully saturated rings. The van der Waals surface area contributed by atoms with Crippen molar-refractivity contribution in [1.82, 2.24) is 0 Å². The molecule has 1 atom stereocenters. The largest absolute Gasteiger partial charge is 0.470 e. The van der Waals surface area contributed by atoms with Gasteiger partial charge in [0.25, 0.3) is 0 Å². The third-order valence-electron chi connectivity index (χ3n) is 2.63. The van der Waals surface area contributed by atoms with Gasteiger partial charge < -0.3 is 19.3 Å². The summed E-state index contributed by atoms with van der Waals surface area (Å²) in [5, 5.41) is 0. The lowest BCUT2D eigenvalue weighted by Crippen LogP contribution is -2.16. The molecular formula is C15H17O8P. The zero-order chi connectivity index (χ0) is 18.3. The molecule has 1 aromatic rings. The quantitative estimate of drug-likeness (QED) is 0.314. The average Bonchev–Trinajstić information content (AvgIpc) is 2.50. The summed E-state index contributed by atoms with van der Waals surface area (Å²) >= 11 is 0. The van der Waals surface area contributed by atoms with Crippen molar-refractivity contribution in [3.8, 4) is 5.75 Å². The predicted octanol–water partition coefficient (Wildman–Crippen LogP) is 2.05. The second-order valence-corrected chi connectivity index (χ2v) is 5.82. The van der Waals surface area contributed by atoms with Crippen molar-refractivity contribution in [3.05, 3.63) is 54.6 Å². The molecule has 0 radical (unpaired) electrons. The Balaban J connectivity index is 3.14. The van der Waals surface area contributed by atoms with Crippen molar-refractivity contribution in [2.24, 2.45) is 0 Å². The second-order valence-electron chi connectivity index (χ2n) is 4.63. The van der Waals surface area contributed by atoms with Gasteiger partial charge in [0.15, 0.2) is 0 Å². The van der Waals surface area contributed by atoms with E-state index in [-0.39, 0.29) is 16.9 Å². The predicted molar refractivity (Wildman–Crippen MR) is 83.9 cm³/mol. The first-order valence-electron chi connectivity index (χ1n) is 6.63. The number of phosphoric ester groups is 1. The van der Waals surface area contributed by atoms with Crippen LogP contribution >= 0.6 is 7.82 Å². The standard InChI is InChI=1S/C15H17O8P/c1-4-14(16)21-9-13(23-24(18,19)20)11-7-5-6-8-12(11)22-15(17)10(2)3/h4-8,13H,1-2,9H2,3H3,(H2,18,19,20). The number of benzene rings is 1. The molecule has 0 heterocycles. The smallest absolute Gasteiger partial charge is 0.459 e. The molecule has 0 aliphatic heterocycles. The molecule has 0 bridgehead atoms. The topological polar surface area (TPSA) is 119 Å². The van der Waals surface area contributed by atoms with E-state index in [1.54, 1.807) is 12.1 Å². The van der Waals surface area contributed by atoms with Gasteiger partial charge in [0.2, 0.25) is 0 Å². The summed E-state index contributed by atoms with van der Waals surface area (Å²) in [5.74, 6) is -1.52. The first-order chi connectivity index (χ1) is 11.1. The molecule has 1 rings (SSSR count). The minimum atomic E-state index is -4.90. The van der Waals surface area contributed by atoms with E-state index in [4.69, 9.17) is 19.3 Å².